The van der Waals surface area contributed by atoms with Crippen molar-refractivity contribution in [2.45, 2.75) is 95.7 Å². The molecule has 0 heterocycles. The molecule has 4 heteroatoms. The summed E-state index contributed by atoms with van der Waals surface area (Å²) in [7, 11) is 0. The summed E-state index contributed by atoms with van der Waals surface area (Å²) in [6, 6.07) is 1.74. The van der Waals surface area contributed by atoms with Gasteiger partial charge >= 0.3 is 5.97 Å². The van der Waals surface area contributed by atoms with E-state index in [9.17, 15) is 4.79 Å². The highest BCUT2D eigenvalue weighted by Crippen LogP contribution is 2.22. The smallest absolute Gasteiger partial charge is 0.332 e. The molecule has 0 aromatic rings. The molecule has 3 N–H and O–H groups in total. The molecule has 1 unspecified atom stereocenters. The van der Waals surface area contributed by atoms with Crippen LogP contribution < -0.4 is 5.32 Å². The highest BCUT2D eigenvalue weighted by molar-refractivity contribution is 5.71. The van der Waals surface area contributed by atoms with Crippen molar-refractivity contribution in [3.8, 4) is 0 Å². The average molecular weight is 285 g/mol. The van der Waals surface area contributed by atoms with E-state index in [1.807, 2.05) is 0 Å². The molecule has 20 heavy (non-hydrogen) atoms. The Balaban J connectivity index is 0.000000246. The minimum atomic E-state index is -1.18. The minimum Gasteiger partial charge on any atom is -0.479 e. The molecule has 0 bridgehead atoms. The fraction of sp³-hybridized carbons (Fsp3) is 0.938. The van der Waals surface area contributed by atoms with Crippen molar-refractivity contribution in [2.75, 3.05) is 0 Å². The van der Waals surface area contributed by atoms with Crippen molar-refractivity contribution in [3.63, 3.8) is 0 Å². The highest BCUT2D eigenvalue weighted by Gasteiger charge is 2.19. The topological polar surface area (TPSA) is 69.6 Å². The number of aliphatic hydroxyl groups is 1. The van der Waals surface area contributed by atoms with E-state index in [1.165, 1.54) is 64.2 Å². The maximum absolute atomic E-state index is 9.68. The summed E-state index contributed by atoms with van der Waals surface area (Å²) in [6.07, 6.45) is 13.7. The summed E-state index contributed by atoms with van der Waals surface area (Å²) in [5, 5.41) is 20.1. The molecule has 0 amide bonds. The fourth-order valence-electron chi connectivity index (χ4n) is 3.05. The maximum atomic E-state index is 9.68. The van der Waals surface area contributed by atoms with E-state index < -0.39 is 12.1 Å². The Bertz CT molecular complexity index is 242. The third kappa shape index (κ3) is 7.25. The first-order chi connectivity index (χ1) is 9.63. The molecule has 0 radical (unpaired) electrons. The molecule has 118 valence electrons. The highest BCUT2D eigenvalue weighted by atomic mass is 16.4. The van der Waals surface area contributed by atoms with Gasteiger partial charge in [-0.1, -0.05) is 45.4 Å². The molecule has 2 saturated carbocycles. The zero-order valence-corrected chi connectivity index (χ0v) is 12.8. The molecular weight excluding hydrogens is 254 g/mol. The van der Waals surface area contributed by atoms with Gasteiger partial charge in [0.2, 0.25) is 0 Å². The number of carboxylic acid groups (broad SMARTS) is 1. The average Bonchev–Trinajstić information content (AvgIpc) is 2.49. The molecule has 0 aromatic heterocycles. The first-order valence-electron chi connectivity index (χ1n) is 8.30. The molecular formula is C16H31NO3. The van der Waals surface area contributed by atoms with E-state index in [2.05, 4.69) is 5.32 Å². The Kier molecular flexibility index (Phi) is 8.86. The zero-order chi connectivity index (χ0) is 14.8. The van der Waals surface area contributed by atoms with Gasteiger partial charge in [-0.15, -0.1) is 0 Å². The molecule has 2 fully saturated rings. The van der Waals surface area contributed by atoms with Gasteiger partial charge in [0.05, 0.1) is 0 Å². The molecule has 0 spiro atoms. The molecule has 2 aliphatic carbocycles. The van der Waals surface area contributed by atoms with Crippen LogP contribution in [0.15, 0.2) is 0 Å². The number of hydrogen-bond donors (Lipinski definition) is 3. The molecule has 0 aliphatic heterocycles. The van der Waals surface area contributed by atoms with E-state index in [-0.39, 0.29) is 6.42 Å². The van der Waals surface area contributed by atoms with Crippen LogP contribution in [0.25, 0.3) is 0 Å². The standard InChI is InChI=1S/C12H23N.C4H8O3/c1-3-7-11(8-4-1)13-12-9-5-2-6-10-12;1-2-3(5)4(6)7/h11-13H,1-10H2;3,5H,2H2,1H3,(H,6,7). The third-order valence-corrected chi connectivity index (χ3v) is 4.35. The van der Waals surface area contributed by atoms with Gasteiger partial charge in [-0.2, -0.15) is 0 Å². The Labute approximate surface area is 123 Å². The molecule has 2 rings (SSSR count). The fourth-order valence-corrected chi connectivity index (χ4v) is 3.05. The van der Waals surface area contributed by atoms with Crippen LogP contribution in [0.5, 0.6) is 0 Å². The van der Waals surface area contributed by atoms with Crippen LogP contribution in [-0.2, 0) is 4.79 Å². The van der Waals surface area contributed by atoms with E-state index in [4.69, 9.17) is 10.2 Å². The lowest BCUT2D eigenvalue weighted by Crippen LogP contribution is -2.40. The number of rotatable bonds is 4. The Hall–Kier alpha value is -0.610. The molecule has 4 nitrogen and oxygen atoms in total. The van der Waals surface area contributed by atoms with Crippen molar-refractivity contribution in [1.82, 2.24) is 5.32 Å². The van der Waals surface area contributed by atoms with Gasteiger partial charge in [0.15, 0.2) is 6.10 Å². The Morgan fingerprint density at radius 1 is 1.00 bits per heavy atom. The Morgan fingerprint density at radius 3 is 1.65 bits per heavy atom. The predicted octanol–water partition coefficient (Wildman–Crippen LogP) is 3.08. The van der Waals surface area contributed by atoms with Crippen molar-refractivity contribution in [2.24, 2.45) is 0 Å². The Morgan fingerprint density at radius 2 is 1.40 bits per heavy atom. The zero-order valence-electron chi connectivity index (χ0n) is 12.8. The predicted molar refractivity (Wildman–Crippen MR) is 80.8 cm³/mol. The second kappa shape index (κ2) is 10.2. The van der Waals surface area contributed by atoms with Crippen LogP contribution in [0, 0.1) is 0 Å². The van der Waals surface area contributed by atoms with Crippen LogP contribution in [0.3, 0.4) is 0 Å². The first-order valence-corrected chi connectivity index (χ1v) is 8.30. The first kappa shape index (κ1) is 17.4. The van der Waals surface area contributed by atoms with Gasteiger partial charge in [0, 0.05) is 12.1 Å². The van der Waals surface area contributed by atoms with Crippen LogP contribution in [0.4, 0.5) is 0 Å². The second-order valence-electron chi connectivity index (χ2n) is 6.10. The van der Waals surface area contributed by atoms with Gasteiger partial charge in [-0.3, -0.25) is 0 Å². The normalized spacial score (nSPS) is 22.7. The number of carbonyl (C=O) groups is 1. The third-order valence-electron chi connectivity index (χ3n) is 4.35. The number of carboxylic acids is 1. The molecule has 0 saturated heterocycles. The number of nitrogens with one attached hydrogen (secondary N) is 1. The molecule has 0 aromatic carbocycles. The van der Waals surface area contributed by atoms with Crippen molar-refractivity contribution in [1.29, 1.82) is 0 Å². The van der Waals surface area contributed by atoms with Crippen LogP contribution >= 0.6 is 0 Å². The number of aliphatic hydroxyl groups excluding tert-OH is 1. The van der Waals surface area contributed by atoms with E-state index in [0.717, 1.165) is 12.1 Å². The largest absolute Gasteiger partial charge is 0.479 e. The van der Waals surface area contributed by atoms with Crippen LogP contribution in [-0.4, -0.2) is 34.4 Å². The maximum Gasteiger partial charge on any atom is 0.332 e. The lowest BCUT2D eigenvalue weighted by molar-refractivity contribution is -0.146. The van der Waals surface area contributed by atoms with E-state index >= 15 is 0 Å². The minimum absolute atomic E-state index is 0.273. The van der Waals surface area contributed by atoms with E-state index in [1.54, 1.807) is 6.92 Å². The van der Waals surface area contributed by atoms with Gasteiger partial charge in [-0.05, 0) is 32.1 Å². The van der Waals surface area contributed by atoms with Crippen LogP contribution in [0.2, 0.25) is 0 Å². The molecule has 1 atom stereocenters. The summed E-state index contributed by atoms with van der Waals surface area (Å²) in [6.45, 7) is 1.61. The molecule has 2 aliphatic rings. The lowest BCUT2D eigenvalue weighted by atomic mass is 9.91. The number of aliphatic carboxylic acids is 1. The number of hydrogen-bond acceptors (Lipinski definition) is 3. The van der Waals surface area contributed by atoms with E-state index in [0.29, 0.717) is 0 Å². The van der Waals surface area contributed by atoms with Gasteiger partial charge in [-0.25, -0.2) is 4.79 Å². The van der Waals surface area contributed by atoms with Crippen LogP contribution in [0.1, 0.15) is 77.6 Å². The summed E-state index contributed by atoms with van der Waals surface area (Å²) in [4.78, 5) is 9.68. The summed E-state index contributed by atoms with van der Waals surface area (Å²) < 4.78 is 0. The van der Waals surface area contributed by atoms with Crippen molar-refractivity contribution in [3.05, 3.63) is 0 Å². The van der Waals surface area contributed by atoms with Gasteiger partial charge in [0.25, 0.3) is 0 Å². The van der Waals surface area contributed by atoms with Crippen molar-refractivity contribution < 1.29 is 15.0 Å². The monoisotopic (exact) mass is 285 g/mol. The quantitative estimate of drug-likeness (QED) is 0.742. The second-order valence-corrected chi connectivity index (χ2v) is 6.10. The van der Waals surface area contributed by atoms with Crippen molar-refractivity contribution >= 4 is 5.97 Å². The van der Waals surface area contributed by atoms with Gasteiger partial charge in [0.1, 0.15) is 0 Å². The summed E-state index contributed by atoms with van der Waals surface area (Å²) in [5.41, 5.74) is 0. The summed E-state index contributed by atoms with van der Waals surface area (Å²) in [5.74, 6) is -1.15. The lowest BCUT2D eigenvalue weighted by Gasteiger charge is -2.30. The SMILES string of the molecule is C1CCC(NC2CCCCC2)CC1.CCC(O)C(=O)O. The summed E-state index contributed by atoms with van der Waals surface area (Å²) >= 11 is 0. The van der Waals surface area contributed by atoms with Gasteiger partial charge < -0.3 is 15.5 Å².